The topological polar surface area (TPSA) is 67.2 Å². The highest BCUT2D eigenvalue weighted by Crippen LogP contribution is 2.38. The molecule has 134 valence electrons. The average molecular weight is 345 g/mol. The Bertz CT molecular complexity index is 708. The second kappa shape index (κ2) is 7.78. The van der Waals surface area contributed by atoms with Crippen LogP contribution in [0.3, 0.4) is 0 Å². The summed E-state index contributed by atoms with van der Waals surface area (Å²) in [5.41, 5.74) is 2.01. The molecule has 1 aliphatic rings. The molecule has 1 aromatic carbocycles. The van der Waals surface area contributed by atoms with Crippen molar-refractivity contribution in [2.75, 3.05) is 0 Å². The van der Waals surface area contributed by atoms with E-state index in [9.17, 15) is 14.3 Å². The highest BCUT2D eigenvalue weighted by atomic mass is 19.1. The van der Waals surface area contributed by atoms with Crippen LogP contribution in [0.15, 0.2) is 36.7 Å². The van der Waals surface area contributed by atoms with E-state index in [1.165, 1.54) is 12.1 Å². The fraction of sp³-hybridized carbons (Fsp3) is 0.474. The molecular formula is C19H24FN3O2. The number of benzene rings is 1. The van der Waals surface area contributed by atoms with Crippen molar-refractivity contribution in [1.82, 2.24) is 15.1 Å². The second-order valence-electron chi connectivity index (χ2n) is 6.86. The highest BCUT2D eigenvalue weighted by molar-refractivity contribution is 5.76. The standard InChI is InChI=1S/C19H24FN3O2/c1-23-12-15(11-21-23)19(14-9-17(24)10-14)22-18(25)4-2-3-13-5-7-16(20)8-6-13/h5-8,11-12,14,17,19,24H,2-4,9-10H2,1H3,(H,22,25). The number of aromatic nitrogens is 2. The zero-order valence-corrected chi connectivity index (χ0v) is 14.4. The minimum atomic E-state index is -0.264. The van der Waals surface area contributed by atoms with Gasteiger partial charge in [-0.1, -0.05) is 12.1 Å². The first-order valence-corrected chi connectivity index (χ1v) is 8.71. The quantitative estimate of drug-likeness (QED) is 0.810. The van der Waals surface area contributed by atoms with E-state index in [-0.39, 0.29) is 29.8 Å². The normalized spacial score (nSPS) is 20.8. The summed E-state index contributed by atoms with van der Waals surface area (Å²) in [5.74, 6) is 0.00101. The van der Waals surface area contributed by atoms with Gasteiger partial charge in [-0.3, -0.25) is 9.48 Å². The van der Waals surface area contributed by atoms with Crippen molar-refractivity contribution in [3.63, 3.8) is 0 Å². The van der Waals surface area contributed by atoms with Crippen molar-refractivity contribution in [3.8, 4) is 0 Å². The van der Waals surface area contributed by atoms with Gasteiger partial charge in [0, 0.05) is 25.2 Å². The van der Waals surface area contributed by atoms with Crippen LogP contribution in [0, 0.1) is 11.7 Å². The Morgan fingerprint density at radius 3 is 2.72 bits per heavy atom. The van der Waals surface area contributed by atoms with E-state index in [1.54, 1.807) is 23.0 Å². The Labute approximate surface area is 146 Å². The summed E-state index contributed by atoms with van der Waals surface area (Å²) in [6.45, 7) is 0. The van der Waals surface area contributed by atoms with Crippen molar-refractivity contribution in [2.45, 2.75) is 44.2 Å². The lowest BCUT2D eigenvalue weighted by Crippen LogP contribution is -2.41. The average Bonchev–Trinajstić information content (AvgIpc) is 2.98. The number of aryl methyl sites for hydroxylation is 2. The molecule has 1 saturated carbocycles. The van der Waals surface area contributed by atoms with E-state index in [0.717, 1.165) is 17.5 Å². The summed E-state index contributed by atoms with van der Waals surface area (Å²) < 4.78 is 14.6. The molecule has 1 aromatic heterocycles. The maximum Gasteiger partial charge on any atom is 0.220 e. The van der Waals surface area contributed by atoms with E-state index >= 15 is 0 Å². The third-order valence-electron chi connectivity index (χ3n) is 4.80. The van der Waals surface area contributed by atoms with Gasteiger partial charge >= 0.3 is 0 Å². The maximum atomic E-state index is 12.9. The van der Waals surface area contributed by atoms with Crippen LogP contribution in [0.25, 0.3) is 0 Å². The number of carbonyl (C=O) groups excluding carboxylic acids is 1. The molecule has 5 nitrogen and oxygen atoms in total. The molecule has 0 spiro atoms. The van der Waals surface area contributed by atoms with Crippen LogP contribution in [0.5, 0.6) is 0 Å². The first-order valence-electron chi connectivity index (χ1n) is 8.71. The number of amides is 1. The molecule has 2 aromatic rings. The summed E-state index contributed by atoms with van der Waals surface area (Å²) in [4.78, 5) is 12.3. The number of hydrogen-bond donors (Lipinski definition) is 2. The van der Waals surface area contributed by atoms with Gasteiger partial charge in [0.25, 0.3) is 0 Å². The Balaban J connectivity index is 1.52. The number of aliphatic hydroxyl groups excluding tert-OH is 1. The number of carbonyl (C=O) groups is 1. The van der Waals surface area contributed by atoms with Crippen LogP contribution in [0.2, 0.25) is 0 Å². The molecule has 1 aliphatic carbocycles. The van der Waals surface area contributed by atoms with E-state index in [0.29, 0.717) is 25.7 Å². The molecule has 2 N–H and O–H groups in total. The molecular weight excluding hydrogens is 321 g/mol. The number of rotatable bonds is 7. The predicted octanol–water partition coefficient (Wildman–Crippen LogP) is 2.51. The second-order valence-corrected chi connectivity index (χ2v) is 6.86. The van der Waals surface area contributed by atoms with Crippen LogP contribution >= 0.6 is 0 Å². The minimum Gasteiger partial charge on any atom is -0.393 e. The van der Waals surface area contributed by atoms with Crippen molar-refractivity contribution >= 4 is 5.91 Å². The fourth-order valence-corrected chi connectivity index (χ4v) is 3.33. The van der Waals surface area contributed by atoms with Gasteiger partial charge < -0.3 is 10.4 Å². The number of hydrogen-bond acceptors (Lipinski definition) is 3. The Hall–Kier alpha value is -2.21. The van der Waals surface area contributed by atoms with Crippen LogP contribution in [0.4, 0.5) is 4.39 Å². The van der Waals surface area contributed by atoms with Crippen molar-refractivity contribution in [3.05, 3.63) is 53.6 Å². The first-order chi connectivity index (χ1) is 12.0. The van der Waals surface area contributed by atoms with E-state index < -0.39 is 0 Å². The van der Waals surface area contributed by atoms with Crippen molar-refractivity contribution in [1.29, 1.82) is 0 Å². The monoisotopic (exact) mass is 345 g/mol. The molecule has 0 radical (unpaired) electrons. The molecule has 3 rings (SSSR count). The lowest BCUT2D eigenvalue weighted by atomic mass is 9.75. The molecule has 25 heavy (non-hydrogen) atoms. The first kappa shape index (κ1) is 17.6. The summed E-state index contributed by atoms with van der Waals surface area (Å²) in [7, 11) is 1.85. The Morgan fingerprint density at radius 2 is 2.12 bits per heavy atom. The molecule has 0 bridgehead atoms. The molecule has 0 aliphatic heterocycles. The van der Waals surface area contributed by atoms with Gasteiger partial charge in [-0.25, -0.2) is 4.39 Å². The number of nitrogens with one attached hydrogen (secondary N) is 1. The zero-order chi connectivity index (χ0) is 17.8. The van der Waals surface area contributed by atoms with Crippen molar-refractivity contribution < 1.29 is 14.3 Å². The molecule has 6 heteroatoms. The third-order valence-corrected chi connectivity index (χ3v) is 4.80. The number of halogens is 1. The Morgan fingerprint density at radius 1 is 1.40 bits per heavy atom. The molecule has 1 amide bonds. The van der Waals surface area contributed by atoms with E-state index in [2.05, 4.69) is 10.4 Å². The minimum absolute atomic E-state index is 0.00245. The van der Waals surface area contributed by atoms with Crippen LogP contribution < -0.4 is 5.32 Å². The fourth-order valence-electron chi connectivity index (χ4n) is 3.33. The third kappa shape index (κ3) is 4.66. The van der Waals surface area contributed by atoms with Crippen LogP contribution in [-0.2, 0) is 18.3 Å². The summed E-state index contributed by atoms with van der Waals surface area (Å²) in [5, 5.41) is 16.9. The predicted molar refractivity (Wildman–Crippen MR) is 92.2 cm³/mol. The lowest BCUT2D eigenvalue weighted by Gasteiger charge is -2.37. The van der Waals surface area contributed by atoms with E-state index in [4.69, 9.17) is 0 Å². The largest absolute Gasteiger partial charge is 0.393 e. The lowest BCUT2D eigenvalue weighted by molar-refractivity contribution is -0.123. The smallest absolute Gasteiger partial charge is 0.220 e. The summed E-state index contributed by atoms with van der Waals surface area (Å²) >= 11 is 0. The van der Waals surface area contributed by atoms with E-state index in [1.807, 2.05) is 13.2 Å². The van der Waals surface area contributed by atoms with Gasteiger partial charge in [0.2, 0.25) is 5.91 Å². The van der Waals surface area contributed by atoms with Gasteiger partial charge in [0.15, 0.2) is 0 Å². The number of nitrogens with zero attached hydrogens (tertiary/aromatic N) is 2. The van der Waals surface area contributed by atoms with Crippen LogP contribution in [0.1, 0.15) is 42.9 Å². The van der Waals surface area contributed by atoms with Gasteiger partial charge in [0.05, 0.1) is 18.3 Å². The molecule has 1 fully saturated rings. The summed E-state index contributed by atoms with van der Waals surface area (Å²) in [6, 6.07) is 6.28. The van der Waals surface area contributed by atoms with Crippen molar-refractivity contribution in [2.24, 2.45) is 13.0 Å². The SMILES string of the molecule is Cn1cc(C(NC(=O)CCCc2ccc(F)cc2)C2CC(O)C2)cn1. The van der Waals surface area contributed by atoms with Gasteiger partial charge in [-0.2, -0.15) is 5.10 Å². The zero-order valence-electron chi connectivity index (χ0n) is 14.4. The molecule has 0 saturated heterocycles. The van der Waals surface area contributed by atoms with Gasteiger partial charge in [0.1, 0.15) is 5.82 Å². The Kier molecular flexibility index (Phi) is 5.48. The van der Waals surface area contributed by atoms with Gasteiger partial charge in [-0.05, 0) is 49.3 Å². The maximum absolute atomic E-state index is 12.9. The molecule has 1 heterocycles. The summed E-state index contributed by atoms with van der Waals surface area (Å²) in [6.07, 6.45) is 6.70. The van der Waals surface area contributed by atoms with Gasteiger partial charge in [-0.15, -0.1) is 0 Å². The molecule has 1 unspecified atom stereocenters. The number of aliphatic hydroxyl groups is 1. The molecule has 1 atom stereocenters. The highest BCUT2D eigenvalue weighted by Gasteiger charge is 2.36. The van der Waals surface area contributed by atoms with Crippen LogP contribution in [-0.4, -0.2) is 26.9 Å².